The zero-order chi connectivity index (χ0) is 54.2. The second-order valence-electron chi connectivity index (χ2n) is 22.5. The highest BCUT2D eigenvalue weighted by Gasteiger charge is 2.27. The Hall–Kier alpha value is -9.65. The summed E-state index contributed by atoms with van der Waals surface area (Å²) < 4.78 is 4.79. The maximum Gasteiger partial charge on any atom is 0.147 e. The third-order valence-electron chi connectivity index (χ3n) is 16.7. The number of rotatable bonds is 11. The summed E-state index contributed by atoms with van der Waals surface area (Å²) in [4.78, 5) is 19.5. The SMILES string of the molecule is CC(C)c1cc2c3ccc(-c4cc(-c5ccncc5)cc5c4nc(-c4ccc(-c6ccccc6)c6c4[nH]c4ccccc46)n5-c4ccc(-c5ccccc5)cc4)cc3n(-c3cc(C(C)(C)c4ccccc4)ccn3)c2cc1C(C)C. The summed E-state index contributed by atoms with van der Waals surface area (Å²) in [5, 5.41) is 4.75. The standard InChI is InChI=1S/C74H60N6/c1-46(2)61-44-64-58-31-28-52(41-66(58)80(67(64)45-62(61)47(3)4)69-43-55(36-39-76-69)74(5,6)54-22-14-9-15-23-54)63-40-53(50-34-37-75-38-35-50)42-68-71(63)78-73(79(68)56-29-26-49(27-30-56)48-18-10-7-11-19-48)60-33-32-57(51-20-12-8-13-21-51)70-59-24-16-17-25-65(59)77-72(60)70/h7-47,77H,1-6H3. The van der Waals surface area contributed by atoms with Crippen LogP contribution in [0.1, 0.15) is 75.6 Å². The maximum absolute atomic E-state index is 5.92. The van der Waals surface area contributed by atoms with Gasteiger partial charge in [-0.1, -0.05) is 181 Å². The molecule has 9 aromatic carbocycles. The first-order valence-corrected chi connectivity index (χ1v) is 28.0. The van der Waals surface area contributed by atoms with Gasteiger partial charge in [0, 0.05) is 67.9 Å². The smallest absolute Gasteiger partial charge is 0.147 e. The minimum absolute atomic E-state index is 0.269. The molecule has 14 rings (SSSR count). The van der Waals surface area contributed by atoms with E-state index in [4.69, 9.17) is 9.97 Å². The van der Waals surface area contributed by atoms with Crippen LogP contribution in [0.15, 0.2) is 237 Å². The van der Waals surface area contributed by atoms with Gasteiger partial charge < -0.3 is 4.98 Å². The highest BCUT2D eigenvalue weighted by molar-refractivity contribution is 6.18. The lowest BCUT2D eigenvalue weighted by atomic mass is 9.78. The molecule has 1 N–H and O–H groups in total. The van der Waals surface area contributed by atoms with Gasteiger partial charge in [0.05, 0.1) is 27.6 Å². The minimum Gasteiger partial charge on any atom is -0.354 e. The zero-order valence-electron chi connectivity index (χ0n) is 45.9. The molecule has 386 valence electrons. The van der Waals surface area contributed by atoms with Gasteiger partial charge in [0.15, 0.2) is 0 Å². The van der Waals surface area contributed by atoms with Crippen molar-refractivity contribution in [3.63, 3.8) is 0 Å². The number of hydrogen-bond donors (Lipinski definition) is 1. The lowest BCUT2D eigenvalue weighted by molar-refractivity contribution is 0.639. The Bertz CT molecular complexity index is 4640. The lowest BCUT2D eigenvalue weighted by Crippen LogP contribution is -2.19. The Balaban J connectivity index is 1.07. The normalized spacial score (nSPS) is 12.1. The number of H-pyrrole nitrogens is 1. The molecule has 0 saturated heterocycles. The molecule has 0 radical (unpaired) electrons. The molecule has 5 heterocycles. The number of nitrogens with one attached hydrogen (secondary N) is 1. The molecule has 0 spiro atoms. The Morgan fingerprint density at radius 1 is 0.425 bits per heavy atom. The van der Waals surface area contributed by atoms with Crippen molar-refractivity contribution in [1.29, 1.82) is 0 Å². The molecule has 14 aromatic rings. The summed E-state index contributed by atoms with van der Waals surface area (Å²) in [6.07, 6.45) is 5.75. The number of benzene rings is 9. The Kier molecular flexibility index (Phi) is 11.8. The van der Waals surface area contributed by atoms with Crippen LogP contribution in [0.5, 0.6) is 0 Å². The second kappa shape index (κ2) is 19.4. The summed E-state index contributed by atoms with van der Waals surface area (Å²) in [6, 6.07) is 79.5. The molecule has 0 aliphatic carbocycles. The van der Waals surface area contributed by atoms with E-state index in [1.807, 2.05) is 18.6 Å². The van der Waals surface area contributed by atoms with E-state index in [9.17, 15) is 0 Å². The number of fused-ring (bicyclic) bond motifs is 7. The molecule has 0 aliphatic rings. The van der Waals surface area contributed by atoms with Crippen LogP contribution < -0.4 is 0 Å². The molecule has 0 unspecified atom stereocenters. The summed E-state index contributed by atoms with van der Waals surface area (Å²) in [5.74, 6) is 2.42. The van der Waals surface area contributed by atoms with Crippen molar-refractivity contribution in [2.24, 2.45) is 0 Å². The highest BCUT2D eigenvalue weighted by Crippen LogP contribution is 2.46. The summed E-state index contributed by atoms with van der Waals surface area (Å²) >= 11 is 0. The molecule has 0 saturated carbocycles. The van der Waals surface area contributed by atoms with Gasteiger partial charge in [0.25, 0.3) is 0 Å². The average molecular weight is 1030 g/mol. The maximum atomic E-state index is 5.92. The molecule has 6 nitrogen and oxygen atoms in total. The van der Waals surface area contributed by atoms with Crippen molar-refractivity contribution in [2.75, 3.05) is 0 Å². The third kappa shape index (κ3) is 8.12. The Labute approximate surface area is 466 Å². The lowest BCUT2D eigenvalue weighted by Gasteiger charge is -2.26. The van der Waals surface area contributed by atoms with Crippen molar-refractivity contribution in [3.05, 3.63) is 259 Å². The first kappa shape index (κ1) is 48.7. The monoisotopic (exact) mass is 1030 g/mol. The summed E-state index contributed by atoms with van der Waals surface area (Å²) in [6.45, 7) is 13.9. The molecular weight excluding hydrogens is 973 g/mol. The first-order chi connectivity index (χ1) is 39.1. The predicted octanol–water partition coefficient (Wildman–Crippen LogP) is 19.5. The molecule has 0 fully saturated rings. The van der Waals surface area contributed by atoms with E-state index >= 15 is 0 Å². The van der Waals surface area contributed by atoms with Crippen molar-refractivity contribution in [2.45, 2.75) is 58.8 Å². The van der Waals surface area contributed by atoms with Gasteiger partial charge in [0.1, 0.15) is 11.6 Å². The van der Waals surface area contributed by atoms with E-state index in [0.717, 1.165) is 83.8 Å². The van der Waals surface area contributed by atoms with Crippen LogP contribution in [0.2, 0.25) is 0 Å². The van der Waals surface area contributed by atoms with E-state index in [1.165, 1.54) is 60.5 Å². The van der Waals surface area contributed by atoms with Gasteiger partial charge in [-0.2, -0.15) is 0 Å². The summed E-state index contributed by atoms with van der Waals surface area (Å²) in [5.41, 5.74) is 22.1. The molecule has 0 bridgehead atoms. The largest absolute Gasteiger partial charge is 0.354 e. The first-order valence-electron chi connectivity index (χ1n) is 28.0. The fourth-order valence-corrected chi connectivity index (χ4v) is 12.4. The van der Waals surface area contributed by atoms with Gasteiger partial charge in [-0.05, 0) is 152 Å². The minimum atomic E-state index is -0.269. The molecule has 0 aliphatic heterocycles. The number of aromatic amines is 1. The highest BCUT2D eigenvalue weighted by atomic mass is 15.1. The second-order valence-corrected chi connectivity index (χ2v) is 22.5. The summed E-state index contributed by atoms with van der Waals surface area (Å²) in [7, 11) is 0. The van der Waals surface area contributed by atoms with Gasteiger partial charge in [0.2, 0.25) is 0 Å². The fourth-order valence-electron chi connectivity index (χ4n) is 12.4. The van der Waals surface area contributed by atoms with Crippen LogP contribution in [0.25, 0.3) is 122 Å². The van der Waals surface area contributed by atoms with Gasteiger partial charge in [-0.25, -0.2) is 9.97 Å². The molecular formula is C74H60N6. The van der Waals surface area contributed by atoms with Crippen LogP contribution in [0, 0.1) is 0 Å². The van der Waals surface area contributed by atoms with Crippen molar-refractivity contribution < 1.29 is 0 Å². The average Bonchev–Trinajstić information content (AvgIpc) is 4.29. The van der Waals surface area contributed by atoms with Crippen molar-refractivity contribution >= 4 is 54.6 Å². The predicted molar refractivity (Wildman–Crippen MR) is 334 cm³/mol. The van der Waals surface area contributed by atoms with E-state index in [1.54, 1.807) is 0 Å². The van der Waals surface area contributed by atoms with Crippen molar-refractivity contribution in [3.8, 4) is 67.4 Å². The number of pyridine rings is 2. The van der Waals surface area contributed by atoms with E-state index in [2.05, 4.69) is 279 Å². The molecule has 5 aromatic heterocycles. The topological polar surface area (TPSA) is 64.3 Å². The van der Waals surface area contributed by atoms with E-state index in [-0.39, 0.29) is 5.41 Å². The Morgan fingerprint density at radius 3 is 1.77 bits per heavy atom. The third-order valence-corrected chi connectivity index (χ3v) is 16.7. The zero-order valence-corrected chi connectivity index (χ0v) is 45.9. The molecule has 80 heavy (non-hydrogen) atoms. The number of para-hydroxylation sites is 1. The number of nitrogens with zero attached hydrogens (tertiary/aromatic N) is 5. The van der Waals surface area contributed by atoms with Crippen LogP contribution in [-0.4, -0.2) is 29.1 Å². The van der Waals surface area contributed by atoms with Crippen LogP contribution >= 0.6 is 0 Å². The molecule has 6 heteroatoms. The van der Waals surface area contributed by atoms with Crippen LogP contribution in [-0.2, 0) is 5.41 Å². The quantitative estimate of drug-likeness (QED) is 0.140. The Morgan fingerprint density at radius 2 is 1.04 bits per heavy atom. The number of aromatic nitrogens is 6. The number of imidazole rings is 1. The van der Waals surface area contributed by atoms with E-state index in [0.29, 0.717) is 11.8 Å². The number of hydrogen-bond acceptors (Lipinski definition) is 3. The van der Waals surface area contributed by atoms with Crippen molar-refractivity contribution in [1.82, 2.24) is 29.1 Å². The fraction of sp³-hybridized carbons (Fsp3) is 0.122. The van der Waals surface area contributed by atoms with Crippen LogP contribution in [0.4, 0.5) is 0 Å². The molecule has 0 amide bonds. The van der Waals surface area contributed by atoms with E-state index < -0.39 is 0 Å². The van der Waals surface area contributed by atoms with Gasteiger partial charge in [-0.3, -0.25) is 14.1 Å². The van der Waals surface area contributed by atoms with Gasteiger partial charge >= 0.3 is 0 Å². The molecule has 0 atom stereocenters. The van der Waals surface area contributed by atoms with Crippen LogP contribution in [0.3, 0.4) is 0 Å². The van der Waals surface area contributed by atoms with Gasteiger partial charge in [-0.15, -0.1) is 0 Å².